The molecule has 1 aliphatic carbocycles. The molecule has 1 N–H and O–H groups in total. The summed E-state index contributed by atoms with van der Waals surface area (Å²) in [5, 5.41) is 3.47. The average molecular weight is 285 g/mol. The van der Waals surface area contributed by atoms with Crippen molar-refractivity contribution in [3.05, 3.63) is 16.7 Å². The number of pyridine rings is 1. The molecule has 0 aliphatic heterocycles. The van der Waals surface area contributed by atoms with Crippen LogP contribution in [0.25, 0.3) is 0 Å². The van der Waals surface area contributed by atoms with E-state index in [9.17, 15) is 0 Å². The highest BCUT2D eigenvalue weighted by Gasteiger charge is 2.14. The quantitative estimate of drug-likeness (QED) is 0.921. The second kappa shape index (κ2) is 5.53. The van der Waals surface area contributed by atoms with Gasteiger partial charge in [0, 0.05) is 18.3 Å². The largest absolute Gasteiger partial charge is 0.495 e. The molecule has 1 fully saturated rings. The minimum Gasteiger partial charge on any atom is -0.495 e. The van der Waals surface area contributed by atoms with Gasteiger partial charge in [-0.2, -0.15) is 0 Å². The van der Waals surface area contributed by atoms with E-state index in [1.807, 2.05) is 6.07 Å². The zero-order valence-corrected chi connectivity index (χ0v) is 11.1. The van der Waals surface area contributed by atoms with Crippen LogP contribution >= 0.6 is 15.9 Å². The van der Waals surface area contributed by atoms with Crippen molar-refractivity contribution in [1.82, 2.24) is 4.98 Å². The van der Waals surface area contributed by atoms with E-state index >= 15 is 0 Å². The second-order valence-corrected chi connectivity index (χ2v) is 5.04. The highest BCUT2D eigenvalue weighted by atomic mass is 79.9. The van der Waals surface area contributed by atoms with E-state index in [2.05, 4.69) is 26.2 Å². The van der Waals surface area contributed by atoms with Gasteiger partial charge in [-0.3, -0.25) is 0 Å². The summed E-state index contributed by atoms with van der Waals surface area (Å²) < 4.78 is 6.14. The van der Waals surface area contributed by atoms with Gasteiger partial charge in [-0.05, 0) is 28.8 Å². The first-order valence-electron chi connectivity index (χ1n) is 5.75. The zero-order chi connectivity index (χ0) is 11.4. The Bertz CT molecular complexity index is 351. The van der Waals surface area contributed by atoms with Crippen molar-refractivity contribution in [2.45, 2.75) is 38.1 Å². The number of halogens is 1. The maximum Gasteiger partial charge on any atom is 0.138 e. The first-order chi connectivity index (χ1) is 7.79. The van der Waals surface area contributed by atoms with Gasteiger partial charge in [-0.1, -0.05) is 19.3 Å². The lowest BCUT2D eigenvalue weighted by Crippen LogP contribution is -2.22. The predicted octanol–water partition coefficient (Wildman–Crippen LogP) is 3.60. The number of hydrogen-bond acceptors (Lipinski definition) is 3. The molecular weight excluding hydrogens is 268 g/mol. The van der Waals surface area contributed by atoms with E-state index in [1.54, 1.807) is 13.3 Å². The van der Waals surface area contributed by atoms with E-state index in [0.717, 1.165) is 16.0 Å². The monoisotopic (exact) mass is 284 g/mol. The van der Waals surface area contributed by atoms with Gasteiger partial charge in [0.25, 0.3) is 0 Å². The third-order valence-corrected chi connectivity index (χ3v) is 3.59. The summed E-state index contributed by atoms with van der Waals surface area (Å²) in [5.41, 5.74) is 0. The van der Waals surface area contributed by atoms with Crippen molar-refractivity contribution in [3.8, 4) is 5.75 Å². The highest BCUT2D eigenvalue weighted by Crippen LogP contribution is 2.27. The van der Waals surface area contributed by atoms with Gasteiger partial charge < -0.3 is 10.1 Å². The Kier molecular flexibility index (Phi) is 4.04. The van der Waals surface area contributed by atoms with Gasteiger partial charge in [0.05, 0.1) is 11.6 Å². The van der Waals surface area contributed by atoms with Crippen LogP contribution in [0.4, 0.5) is 5.82 Å². The van der Waals surface area contributed by atoms with Crippen LogP contribution in [0, 0.1) is 0 Å². The minimum absolute atomic E-state index is 0.576. The molecular formula is C12H17BrN2O. The summed E-state index contributed by atoms with van der Waals surface area (Å²) in [4.78, 5) is 4.34. The van der Waals surface area contributed by atoms with Gasteiger partial charge >= 0.3 is 0 Å². The number of nitrogens with one attached hydrogen (secondary N) is 1. The predicted molar refractivity (Wildman–Crippen MR) is 69.0 cm³/mol. The summed E-state index contributed by atoms with van der Waals surface area (Å²) in [7, 11) is 1.67. The van der Waals surface area contributed by atoms with Crippen molar-refractivity contribution in [2.24, 2.45) is 0 Å². The van der Waals surface area contributed by atoms with Crippen LogP contribution in [0.15, 0.2) is 16.7 Å². The summed E-state index contributed by atoms with van der Waals surface area (Å²) in [6, 6.07) is 2.52. The van der Waals surface area contributed by atoms with Crippen LogP contribution in [0.3, 0.4) is 0 Å². The molecule has 2 rings (SSSR count). The maximum atomic E-state index is 5.25. The van der Waals surface area contributed by atoms with Crippen LogP contribution in [0.1, 0.15) is 32.1 Å². The Morgan fingerprint density at radius 2 is 2.12 bits per heavy atom. The van der Waals surface area contributed by atoms with Crippen LogP contribution in [-0.4, -0.2) is 18.1 Å². The van der Waals surface area contributed by atoms with Crippen molar-refractivity contribution in [1.29, 1.82) is 0 Å². The molecule has 1 aliphatic rings. The third-order valence-electron chi connectivity index (χ3n) is 3.00. The standard InChI is InChI=1S/C12H17BrN2O/c1-16-11-7-12(14-8-10(11)13)15-9-5-3-2-4-6-9/h7-9H,2-6H2,1H3,(H,14,15). The fourth-order valence-corrected chi connectivity index (χ4v) is 2.49. The summed E-state index contributed by atoms with van der Waals surface area (Å²) in [6.07, 6.45) is 8.30. The van der Waals surface area contributed by atoms with Crippen LogP contribution < -0.4 is 10.1 Å². The molecule has 1 heterocycles. The summed E-state index contributed by atoms with van der Waals surface area (Å²) in [5.74, 6) is 1.74. The van der Waals surface area contributed by atoms with Gasteiger partial charge in [-0.25, -0.2) is 4.98 Å². The van der Waals surface area contributed by atoms with E-state index < -0.39 is 0 Å². The molecule has 16 heavy (non-hydrogen) atoms. The Labute approximate surface area is 105 Å². The first kappa shape index (κ1) is 11.7. The van der Waals surface area contributed by atoms with Crippen molar-refractivity contribution >= 4 is 21.7 Å². The Balaban J connectivity index is 2.03. The molecule has 0 saturated heterocycles. The SMILES string of the molecule is COc1cc(NC2CCCCC2)ncc1Br. The lowest BCUT2D eigenvalue weighted by Gasteiger charge is -2.23. The molecule has 1 saturated carbocycles. The smallest absolute Gasteiger partial charge is 0.138 e. The molecule has 0 amide bonds. The summed E-state index contributed by atoms with van der Waals surface area (Å²) >= 11 is 3.40. The number of aromatic nitrogens is 1. The topological polar surface area (TPSA) is 34.1 Å². The number of anilines is 1. The zero-order valence-electron chi connectivity index (χ0n) is 9.50. The van der Waals surface area contributed by atoms with E-state index in [4.69, 9.17) is 4.74 Å². The fraction of sp³-hybridized carbons (Fsp3) is 0.583. The molecule has 0 unspecified atom stereocenters. The summed E-state index contributed by atoms with van der Waals surface area (Å²) in [6.45, 7) is 0. The van der Waals surface area contributed by atoms with E-state index in [-0.39, 0.29) is 0 Å². The third kappa shape index (κ3) is 2.88. The first-order valence-corrected chi connectivity index (χ1v) is 6.55. The molecule has 0 aromatic carbocycles. The molecule has 0 atom stereocenters. The Hall–Kier alpha value is -0.770. The van der Waals surface area contributed by atoms with Gasteiger partial charge in [0.15, 0.2) is 0 Å². The number of hydrogen-bond donors (Lipinski definition) is 1. The number of nitrogens with zero attached hydrogens (tertiary/aromatic N) is 1. The van der Waals surface area contributed by atoms with Crippen LogP contribution in [0.5, 0.6) is 5.75 Å². The normalized spacial score (nSPS) is 17.1. The lowest BCUT2D eigenvalue weighted by molar-refractivity contribution is 0.411. The van der Waals surface area contributed by atoms with Gasteiger partial charge in [-0.15, -0.1) is 0 Å². The lowest BCUT2D eigenvalue weighted by atomic mass is 9.95. The minimum atomic E-state index is 0.576. The van der Waals surface area contributed by atoms with Crippen molar-refractivity contribution in [2.75, 3.05) is 12.4 Å². The Morgan fingerprint density at radius 3 is 2.81 bits per heavy atom. The number of ether oxygens (including phenoxy) is 1. The van der Waals surface area contributed by atoms with Crippen molar-refractivity contribution in [3.63, 3.8) is 0 Å². The van der Waals surface area contributed by atoms with Gasteiger partial charge in [0.2, 0.25) is 0 Å². The second-order valence-electron chi connectivity index (χ2n) is 4.18. The molecule has 1 aromatic rings. The molecule has 3 nitrogen and oxygen atoms in total. The van der Waals surface area contributed by atoms with Crippen LogP contribution in [-0.2, 0) is 0 Å². The van der Waals surface area contributed by atoms with Crippen LogP contribution in [0.2, 0.25) is 0 Å². The molecule has 1 aromatic heterocycles. The number of methoxy groups -OCH3 is 1. The van der Waals surface area contributed by atoms with Gasteiger partial charge in [0.1, 0.15) is 11.6 Å². The number of rotatable bonds is 3. The van der Waals surface area contributed by atoms with Crippen molar-refractivity contribution < 1.29 is 4.74 Å². The van der Waals surface area contributed by atoms with E-state index in [0.29, 0.717) is 6.04 Å². The van der Waals surface area contributed by atoms with E-state index in [1.165, 1.54) is 32.1 Å². The fourth-order valence-electron chi connectivity index (χ4n) is 2.11. The molecule has 0 spiro atoms. The molecule has 4 heteroatoms. The molecule has 0 bridgehead atoms. The molecule has 88 valence electrons. The highest BCUT2D eigenvalue weighted by molar-refractivity contribution is 9.10. The Morgan fingerprint density at radius 1 is 1.38 bits per heavy atom. The average Bonchev–Trinajstić information content (AvgIpc) is 2.33. The molecule has 0 radical (unpaired) electrons. The maximum absolute atomic E-state index is 5.25.